The van der Waals surface area contributed by atoms with Gasteiger partial charge in [0.05, 0.1) is 12.0 Å². The van der Waals surface area contributed by atoms with Crippen LogP contribution in [0.15, 0.2) is 54.6 Å². The Bertz CT molecular complexity index is 768. The topological polar surface area (TPSA) is 56.4 Å². The highest BCUT2D eigenvalue weighted by atomic mass is 19.1. The molecule has 0 radical (unpaired) electrons. The molecule has 27 heavy (non-hydrogen) atoms. The van der Waals surface area contributed by atoms with Crippen molar-refractivity contribution >= 4 is 11.6 Å². The van der Waals surface area contributed by atoms with E-state index >= 15 is 0 Å². The Hall–Kier alpha value is -2.44. The van der Waals surface area contributed by atoms with E-state index in [-0.39, 0.29) is 23.7 Å². The van der Waals surface area contributed by atoms with Crippen molar-refractivity contribution in [1.82, 2.24) is 16.2 Å². The molecule has 4 rings (SSSR count). The van der Waals surface area contributed by atoms with Gasteiger partial charge in [-0.25, -0.2) is 9.82 Å². The molecule has 2 aromatic rings. The third-order valence-electron chi connectivity index (χ3n) is 5.52. The maximum absolute atomic E-state index is 13.1. The van der Waals surface area contributed by atoms with Crippen molar-refractivity contribution in [3.8, 4) is 0 Å². The number of hydrogen-bond acceptors (Lipinski definition) is 4. The number of rotatable bonds is 5. The first-order chi connectivity index (χ1) is 13.2. The summed E-state index contributed by atoms with van der Waals surface area (Å²) in [6, 6.07) is 16.7. The first-order valence-corrected chi connectivity index (χ1v) is 9.52. The lowest BCUT2D eigenvalue weighted by atomic mass is 9.94. The first kappa shape index (κ1) is 17.9. The van der Waals surface area contributed by atoms with Crippen LogP contribution in [0.25, 0.3) is 0 Å². The summed E-state index contributed by atoms with van der Waals surface area (Å²) in [7, 11) is 0. The molecule has 2 heterocycles. The van der Waals surface area contributed by atoms with Crippen molar-refractivity contribution in [3.63, 3.8) is 0 Å². The highest BCUT2D eigenvalue weighted by Crippen LogP contribution is 2.26. The summed E-state index contributed by atoms with van der Waals surface area (Å²) in [4.78, 5) is 15.0. The molecule has 2 saturated heterocycles. The second-order valence-electron chi connectivity index (χ2n) is 7.34. The highest BCUT2D eigenvalue weighted by Gasteiger charge is 2.34. The average Bonchev–Trinajstić information content (AvgIpc) is 3.37. The molecule has 3 N–H and O–H groups in total. The molecule has 2 fully saturated rings. The summed E-state index contributed by atoms with van der Waals surface area (Å²) >= 11 is 0. The Morgan fingerprint density at radius 2 is 1.93 bits per heavy atom. The van der Waals surface area contributed by atoms with Gasteiger partial charge < -0.3 is 10.2 Å². The predicted molar refractivity (Wildman–Crippen MR) is 104 cm³/mol. The number of nitrogens with zero attached hydrogens (tertiary/aromatic N) is 1. The normalized spacial score (nSPS) is 24.9. The lowest BCUT2D eigenvalue weighted by Crippen LogP contribution is -2.38. The Morgan fingerprint density at radius 1 is 1.15 bits per heavy atom. The van der Waals surface area contributed by atoms with Crippen molar-refractivity contribution in [1.29, 1.82) is 0 Å². The standard InChI is InChI=1S/C21H25FN4O/c22-17-6-8-18(9-7-17)26-11-10-15(14-26)12-23-21(27)19-13-24-25-20(19)16-4-2-1-3-5-16/h1-9,15,19-20,24-25H,10-14H2,(H,23,27). The number of hydrogen-bond donors (Lipinski definition) is 3. The van der Waals surface area contributed by atoms with Crippen LogP contribution in [-0.4, -0.2) is 32.1 Å². The fourth-order valence-electron chi connectivity index (χ4n) is 3.98. The van der Waals surface area contributed by atoms with E-state index in [0.717, 1.165) is 30.8 Å². The molecule has 0 bridgehead atoms. The minimum Gasteiger partial charge on any atom is -0.371 e. The molecule has 0 aromatic heterocycles. The number of benzene rings is 2. The van der Waals surface area contributed by atoms with Gasteiger partial charge in [-0.2, -0.15) is 0 Å². The SMILES string of the molecule is O=C(NCC1CCN(c2ccc(F)cc2)C1)C1CNNC1c1ccccc1. The fraction of sp³-hybridized carbons (Fsp3) is 0.381. The molecule has 2 aliphatic heterocycles. The largest absolute Gasteiger partial charge is 0.371 e. The molecule has 0 saturated carbocycles. The van der Waals surface area contributed by atoms with Crippen LogP contribution in [0.5, 0.6) is 0 Å². The van der Waals surface area contributed by atoms with E-state index in [0.29, 0.717) is 19.0 Å². The van der Waals surface area contributed by atoms with Gasteiger partial charge >= 0.3 is 0 Å². The number of halogens is 1. The Labute approximate surface area is 158 Å². The summed E-state index contributed by atoms with van der Waals surface area (Å²) in [5.74, 6) is 0.161. The summed E-state index contributed by atoms with van der Waals surface area (Å²) in [6.45, 7) is 3.12. The molecule has 6 heteroatoms. The Balaban J connectivity index is 1.30. The van der Waals surface area contributed by atoms with Crippen LogP contribution in [0.1, 0.15) is 18.0 Å². The van der Waals surface area contributed by atoms with Gasteiger partial charge in [0.15, 0.2) is 0 Å². The third-order valence-corrected chi connectivity index (χ3v) is 5.52. The molecular weight excluding hydrogens is 343 g/mol. The zero-order valence-electron chi connectivity index (χ0n) is 15.2. The van der Waals surface area contributed by atoms with Crippen molar-refractivity contribution in [3.05, 3.63) is 66.0 Å². The summed E-state index contributed by atoms with van der Waals surface area (Å²) < 4.78 is 13.1. The van der Waals surface area contributed by atoms with Gasteiger partial charge in [0, 0.05) is 31.9 Å². The Kier molecular flexibility index (Phi) is 5.36. The molecule has 1 amide bonds. The van der Waals surface area contributed by atoms with Crippen LogP contribution in [-0.2, 0) is 4.79 Å². The summed E-state index contributed by atoms with van der Waals surface area (Å²) in [6.07, 6.45) is 1.03. The van der Waals surface area contributed by atoms with Crippen LogP contribution in [0.4, 0.5) is 10.1 Å². The summed E-state index contributed by atoms with van der Waals surface area (Å²) in [5, 5.41) is 3.14. The highest BCUT2D eigenvalue weighted by molar-refractivity contribution is 5.80. The van der Waals surface area contributed by atoms with E-state index in [1.807, 2.05) is 42.5 Å². The molecule has 142 valence electrons. The number of carbonyl (C=O) groups excluding carboxylic acids is 1. The number of amides is 1. The van der Waals surface area contributed by atoms with Crippen LogP contribution >= 0.6 is 0 Å². The maximum Gasteiger partial charge on any atom is 0.226 e. The molecule has 2 aromatic carbocycles. The minimum absolute atomic E-state index is 0.00880. The molecule has 0 spiro atoms. The number of nitrogens with one attached hydrogen (secondary N) is 3. The van der Waals surface area contributed by atoms with Crippen molar-refractivity contribution in [2.24, 2.45) is 11.8 Å². The van der Waals surface area contributed by atoms with Gasteiger partial charge in [-0.05, 0) is 42.2 Å². The molecular formula is C21H25FN4O. The fourth-order valence-corrected chi connectivity index (χ4v) is 3.98. The smallest absolute Gasteiger partial charge is 0.226 e. The zero-order chi connectivity index (χ0) is 18.6. The molecule has 5 nitrogen and oxygen atoms in total. The second kappa shape index (κ2) is 8.06. The van der Waals surface area contributed by atoms with Gasteiger partial charge in [0.1, 0.15) is 5.82 Å². The van der Waals surface area contributed by atoms with Crippen molar-refractivity contribution in [2.45, 2.75) is 12.5 Å². The molecule has 3 unspecified atom stereocenters. The molecule has 2 aliphatic rings. The summed E-state index contributed by atoms with van der Waals surface area (Å²) in [5.41, 5.74) is 8.49. The lowest BCUT2D eigenvalue weighted by Gasteiger charge is -2.21. The average molecular weight is 368 g/mol. The van der Waals surface area contributed by atoms with E-state index in [2.05, 4.69) is 21.1 Å². The van der Waals surface area contributed by atoms with Gasteiger partial charge in [0.2, 0.25) is 5.91 Å². The minimum atomic E-state index is -0.214. The van der Waals surface area contributed by atoms with Crippen LogP contribution in [0.3, 0.4) is 0 Å². The zero-order valence-corrected chi connectivity index (χ0v) is 15.2. The third kappa shape index (κ3) is 4.12. The number of hydrazine groups is 1. The van der Waals surface area contributed by atoms with Gasteiger partial charge in [0.25, 0.3) is 0 Å². The van der Waals surface area contributed by atoms with Crippen molar-refractivity contribution in [2.75, 3.05) is 31.1 Å². The van der Waals surface area contributed by atoms with Gasteiger partial charge in [-0.1, -0.05) is 30.3 Å². The number of anilines is 1. The Morgan fingerprint density at radius 3 is 2.70 bits per heavy atom. The maximum atomic E-state index is 13.1. The van der Waals surface area contributed by atoms with E-state index in [9.17, 15) is 9.18 Å². The van der Waals surface area contributed by atoms with Gasteiger partial charge in [-0.3, -0.25) is 10.2 Å². The van der Waals surface area contributed by atoms with Crippen molar-refractivity contribution < 1.29 is 9.18 Å². The second-order valence-corrected chi connectivity index (χ2v) is 7.34. The number of carbonyl (C=O) groups is 1. The first-order valence-electron chi connectivity index (χ1n) is 9.52. The van der Waals surface area contributed by atoms with Crippen LogP contribution < -0.4 is 21.1 Å². The van der Waals surface area contributed by atoms with Gasteiger partial charge in [-0.15, -0.1) is 0 Å². The van der Waals surface area contributed by atoms with Crippen LogP contribution in [0, 0.1) is 17.7 Å². The monoisotopic (exact) mass is 368 g/mol. The quantitative estimate of drug-likeness (QED) is 0.758. The predicted octanol–water partition coefficient (Wildman–Crippen LogP) is 2.23. The van der Waals surface area contributed by atoms with E-state index < -0.39 is 0 Å². The van der Waals surface area contributed by atoms with E-state index in [1.54, 1.807) is 0 Å². The van der Waals surface area contributed by atoms with Crippen LogP contribution in [0.2, 0.25) is 0 Å². The molecule has 3 atom stereocenters. The molecule has 0 aliphatic carbocycles. The van der Waals surface area contributed by atoms with E-state index in [1.165, 1.54) is 12.1 Å². The lowest BCUT2D eigenvalue weighted by molar-refractivity contribution is -0.125. The van der Waals surface area contributed by atoms with E-state index in [4.69, 9.17) is 0 Å².